The van der Waals surface area contributed by atoms with E-state index in [0.29, 0.717) is 6.54 Å². The number of para-hydroxylation sites is 1. The molecule has 2 amide bonds. The number of nitrogens with zero attached hydrogens (tertiary/aromatic N) is 1. The van der Waals surface area contributed by atoms with Crippen LogP contribution in [-0.4, -0.2) is 25.2 Å². The van der Waals surface area contributed by atoms with E-state index in [2.05, 4.69) is 55.7 Å². The highest BCUT2D eigenvalue weighted by molar-refractivity contribution is 9.10. The van der Waals surface area contributed by atoms with E-state index in [1.165, 1.54) is 5.69 Å². The van der Waals surface area contributed by atoms with E-state index >= 15 is 0 Å². The van der Waals surface area contributed by atoms with Crippen molar-refractivity contribution in [1.82, 2.24) is 10.6 Å². The fourth-order valence-electron chi connectivity index (χ4n) is 2.77. The fourth-order valence-corrected chi connectivity index (χ4v) is 4.16. The zero-order valence-corrected chi connectivity index (χ0v) is 15.2. The number of carbonyl (C=O) groups excluding carboxylic acids is 1. The fraction of sp³-hybridized carbons (Fsp3) is 0.353. The molecule has 1 fully saturated rings. The lowest BCUT2D eigenvalue weighted by atomic mass is 10.0. The first kappa shape index (κ1) is 16.3. The summed E-state index contributed by atoms with van der Waals surface area (Å²) in [6, 6.07) is 12.7. The van der Waals surface area contributed by atoms with Crippen LogP contribution in [-0.2, 0) is 6.54 Å². The summed E-state index contributed by atoms with van der Waals surface area (Å²) >= 11 is 5.06. The monoisotopic (exact) mass is 393 g/mol. The first-order valence-corrected chi connectivity index (χ1v) is 9.45. The molecular weight excluding hydrogens is 374 g/mol. The summed E-state index contributed by atoms with van der Waals surface area (Å²) in [4.78, 5) is 15.5. The summed E-state index contributed by atoms with van der Waals surface area (Å²) < 4.78 is 1.06. The van der Waals surface area contributed by atoms with Gasteiger partial charge in [-0.2, -0.15) is 0 Å². The minimum atomic E-state index is -0.0762. The first-order valence-electron chi connectivity index (χ1n) is 7.78. The smallest absolute Gasteiger partial charge is 0.315 e. The molecule has 1 aliphatic rings. The maximum Gasteiger partial charge on any atom is 0.315 e. The number of nitrogens with one attached hydrogen (secondary N) is 2. The molecule has 2 aromatic rings. The zero-order valence-electron chi connectivity index (χ0n) is 12.8. The summed E-state index contributed by atoms with van der Waals surface area (Å²) in [6.45, 7) is 2.53. The zero-order chi connectivity index (χ0) is 16.1. The molecule has 0 saturated carbocycles. The summed E-state index contributed by atoms with van der Waals surface area (Å²) in [5.41, 5.74) is 1.26. The van der Waals surface area contributed by atoms with Crippen LogP contribution in [0, 0.1) is 0 Å². The Hall–Kier alpha value is -1.53. The number of hydrogen-bond acceptors (Lipinski definition) is 3. The molecule has 2 heterocycles. The molecule has 1 aromatic carbocycles. The molecule has 0 atom stereocenters. The van der Waals surface area contributed by atoms with Crippen molar-refractivity contribution in [2.45, 2.75) is 25.4 Å². The van der Waals surface area contributed by atoms with Gasteiger partial charge in [-0.15, -0.1) is 11.3 Å². The van der Waals surface area contributed by atoms with Crippen LogP contribution >= 0.6 is 27.3 Å². The van der Waals surface area contributed by atoms with Crippen LogP contribution in [0.25, 0.3) is 0 Å². The molecular formula is C17H20BrN3OS. The number of piperidine rings is 1. The van der Waals surface area contributed by atoms with Gasteiger partial charge in [0, 0.05) is 39.5 Å². The summed E-state index contributed by atoms with van der Waals surface area (Å²) in [7, 11) is 0. The van der Waals surface area contributed by atoms with Gasteiger partial charge in [-0.25, -0.2) is 4.79 Å². The molecule has 2 N–H and O–H groups in total. The van der Waals surface area contributed by atoms with E-state index < -0.39 is 0 Å². The minimum Gasteiger partial charge on any atom is -0.371 e. The Morgan fingerprint density at radius 1 is 1.26 bits per heavy atom. The van der Waals surface area contributed by atoms with Crippen molar-refractivity contribution >= 4 is 39.0 Å². The van der Waals surface area contributed by atoms with Gasteiger partial charge in [0.25, 0.3) is 0 Å². The molecule has 23 heavy (non-hydrogen) atoms. The highest BCUT2D eigenvalue weighted by atomic mass is 79.9. The van der Waals surface area contributed by atoms with Crippen LogP contribution < -0.4 is 15.5 Å². The largest absolute Gasteiger partial charge is 0.371 e. The molecule has 122 valence electrons. The van der Waals surface area contributed by atoms with Crippen molar-refractivity contribution in [2.24, 2.45) is 0 Å². The third-order valence-corrected chi connectivity index (χ3v) is 5.69. The first-order chi connectivity index (χ1) is 11.2. The number of carbonyl (C=O) groups is 1. The number of amides is 2. The van der Waals surface area contributed by atoms with Gasteiger partial charge in [0.2, 0.25) is 0 Å². The number of rotatable bonds is 4. The Balaban J connectivity index is 1.41. The number of hydrogen-bond donors (Lipinski definition) is 2. The van der Waals surface area contributed by atoms with E-state index in [4.69, 9.17) is 0 Å². The molecule has 0 aliphatic carbocycles. The van der Waals surface area contributed by atoms with Gasteiger partial charge in [-0.1, -0.05) is 18.2 Å². The van der Waals surface area contributed by atoms with Gasteiger partial charge < -0.3 is 15.5 Å². The summed E-state index contributed by atoms with van der Waals surface area (Å²) in [5, 5.41) is 8.03. The molecule has 0 bridgehead atoms. The second kappa shape index (κ2) is 7.84. The predicted molar refractivity (Wildman–Crippen MR) is 99.1 cm³/mol. The topological polar surface area (TPSA) is 44.4 Å². The third-order valence-electron chi connectivity index (χ3n) is 4.00. The average Bonchev–Trinajstić information content (AvgIpc) is 3.00. The van der Waals surface area contributed by atoms with Gasteiger partial charge in [0.15, 0.2) is 0 Å². The maximum absolute atomic E-state index is 12.0. The van der Waals surface area contributed by atoms with Crippen LogP contribution in [0.1, 0.15) is 17.7 Å². The summed E-state index contributed by atoms with van der Waals surface area (Å²) in [6.07, 6.45) is 1.96. The van der Waals surface area contributed by atoms with Crippen molar-refractivity contribution in [1.29, 1.82) is 0 Å². The number of thiophene rings is 1. The Morgan fingerprint density at radius 2 is 2.00 bits per heavy atom. The van der Waals surface area contributed by atoms with Crippen molar-refractivity contribution in [3.8, 4) is 0 Å². The minimum absolute atomic E-state index is 0.0762. The number of urea groups is 1. The average molecular weight is 394 g/mol. The van der Waals surface area contributed by atoms with Gasteiger partial charge in [-0.3, -0.25) is 0 Å². The van der Waals surface area contributed by atoms with Crippen LogP contribution in [0.5, 0.6) is 0 Å². The number of benzene rings is 1. The molecule has 6 heteroatoms. The maximum atomic E-state index is 12.0. The molecule has 1 saturated heterocycles. The Labute approximate surface area is 149 Å². The SMILES string of the molecule is O=C(NCc1cc(Br)cs1)NC1CCN(c2ccccc2)CC1. The third kappa shape index (κ3) is 4.72. The Kier molecular flexibility index (Phi) is 5.56. The van der Waals surface area contributed by atoms with Gasteiger partial charge in [-0.05, 0) is 47.0 Å². The Morgan fingerprint density at radius 3 is 2.65 bits per heavy atom. The second-order valence-electron chi connectivity index (χ2n) is 5.66. The van der Waals surface area contributed by atoms with E-state index in [1.54, 1.807) is 11.3 Å². The number of halogens is 1. The lowest BCUT2D eigenvalue weighted by molar-refractivity contribution is 0.234. The predicted octanol–water partition coefficient (Wildman–Crippen LogP) is 3.98. The lowest BCUT2D eigenvalue weighted by Crippen LogP contribution is -2.47. The molecule has 0 radical (unpaired) electrons. The van der Waals surface area contributed by atoms with Crippen LogP contribution in [0.2, 0.25) is 0 Å². The van der Waals surface area contributed by atoms with E-state index in [0.717, 1.165) is 35.3 Å². The van der Waals surface area contributed by atoms with E-state index in [9.17, 15) is 4.79 Å². The van der Waals surface area contributed by atoms with E-state index in [1.807, 2.05) is 17.5 Å². The van der Waals surface area contributed by atoms with Crippen molar-refractivity contribution in [3.63, 3.8) is 0 Å². The number of anilines is 1. The molecule has 1 aliphatic heterocycles. The van der Waals surface area contributed by atoms with Crippen LogP contribution in [0.15, 0.2) is 46.3 Å². The summed E-state index contributed by atoms with van der Waals surface area (Å²) in [5.74, 6) is 0. The normalized spacial score (nSPS) is 15.4. The molecule has 1 aromatic heterocycles. The molecule has 4 nitrogen and oxygen atoms in total. The Bertz CT molecular complexity index is 638. The second-order valence-corrected chi connectivity index (χ2v) is 7.57. The van der Waals surface area contributed by atoms with Crippen LogP contribution in [0.4, 0.5) is 10.5 Å². The highest BCUT2D eigenvalue weighted by Crippen LogP contribution is 2.20. The van der Waals surface area contributed by atoms with Crippen molar-refractivity contribution < 1.29 is 4.79 Å². The van der Waals surface area contributed by atoms with Gasteiger partial charge in [0.05, 0.1) is 6.54 Å². The molecule has 0 spiro atoms. The van der Waals surface area contributed by atoms with E-state index in [-0.39, 0.29) is 12.1 Å². The van der Waals surface area contributed by atoms with Crippen molar-refractivity contribution in [2.75, 3.05) is 18.0 Å². The lowest BCUT2D eigenvalue weighted by Gasteiger charge is -2.33. The molecule has 3 rings (SSSR count). The standard InChI is InChI=1S/C17H20BrN3OS/c18-13-10-16(23-12-13)11-19-17(22)20-14-6-8-21(9-7-14)15-4-2-1-3-5-15/h1-5,10,12,14H,6-9,11H2,(H2,19,20,22). The van der Waals surface area contributed by atoms with Crippen molar-refractivity contribution in [3.05, 3.63) is 51.1 Å². The molecule has 0 unspecified atom stereocenters. The highest BCUT2D eigenvalue weighted by Gasteiger charge is 2.20. The quantitative estimate of drug-likeness (QED) is 0.824. The van der Waals surface area contributed by atoms with Gasteiger partial charge >= 0.3 is 6.03 Å². The van der Waals surface area contributed by atoms with Gasteiger partial charge in [0.1, 0.15) is 0 Å². The van der Waals surface area contributed by atoms with Crippen LogP contribution in [0.3, 0.4) is 0 Å².